The van der Waals surface area contributed by atoms with E-state index in [1.54, 1.807) is 6.08 Å². The molecule has 0 aromatic heterocycles. The molecule has 21 nitrogen and oxygen atoms in total. The minimum atomic E-state index is -3.99. The Bertz CT molecular complexity index is 1200. The molecule has 4 rings (SSSR count). The minimum absolute atomic E-state index is 0.222. The van der Waals surface area contributed by atoms with Crippen molar-refractivity contribution in [1.29, 1.82) is 0 Å². The van der Waals surface area contributed by atoms with Crippen LogP contribution < -0.4 is 45.0 Å². The second kappa shape index (κ2) is 19.3. The SMILES string of the molecule is NCCCNCC1=CC[C@@H](N)[C@@H](O[C@H]2[C@H](O[C@@H]3O[C@H](CO)[C@@H](O[C@H]4O[C@@H](CN)[C@@H](O)[C@H](O)[C@H]4N)[C@H]3O)[C@@H](O)[C@H](NC(=O)C(O)C(F)(F)CN)C[C@@H]2N)O1. The fourth-order valence-corrected chi connectivity index (χ4v) is 6.49. The summed E-state index contributed by atoms with van der Waals surface area (Å²) in [7, 11) is 0. The summed E-state index contributed by atoms with van der Waals surface area (Å²) >= 11 is 0. The van der Waals surface area contributed by atoms with Crippen molar-refractivity contribution < 1.29 is 72.6 Å². The van der Waals surface area contributed by atoms with E-state index in [0.717, 1.165) is 6.42 Å². The summed E-state index contributed by atoms with van der Waals surface area (Å²) in [5.41, 5.74) is 35.0. The van der Waals surface area contributed by atoms with Gasteiger partial charge in [0, 0.05) is 12.6 Å². The van der Waals surface area contributed by atoms with Gasteiger partial charge in [0.25, 0.3) is 11.8 Å². The molecule has 3 heterocycles. The molecule has 53 heavy (non-hydrogen) atoms. The van der Waals surface area contributed by atoms with Gasteiger partial charge in [0.2, 0.25) is 6.29 Å². The smallest absolute Gasteiger partial charge is 0.294 e. The zero-order chi connectivity index (χ0) is 39.2. The van der Waals surface area contributed by atoms with Gasteiger partial charge >= 0.3 is 0 Å². The number of aliphatic hydroxyl groups excluding tert-OH is 6. The monoisotopic (exact) mass is 774 g/mol. The molecule has 1 saturated carbocycles. The Morgan fingerprint density at radius 3 is 2.21 bits per heavy atom. The number of aliphatic hydroxyl groups is 6. The molecule has 2 saturated heterocycles. The van der Waals surface area contributed by atoms with Crippen molar-refractivity contribution in [3.05, 3.63) is 11.8 Å². The maximum Gasteiger partial charge on any atom is 0.294 e. The lowest BCUT2D eigenvalue weighted by atomic mass is 9.83. The summed E-state index contributed by atoms with van der Waals surface area (Å²) in [5.74, 6) is -5.05. The number of ether oxygens (including phenoxy) is 6. The van der Waals surface area contributed by atoms with Crippen LogP contribution in [0.3, 0.4) is 0 Å². The first-order valence-corrected chi connectivity index (χ1v) is 17.5. The van der Waals surface area contributed by atoms with E-state index in [1.165, 1.54) is 0 Å². The van der Waals surface area contributed by atoms with Gasteiger partial charge in [0.1, 0.15) is 60.7 Å². The standard InChI is InChI=1S/C30H56F2N8O13/c31-30(32,10-35)25(46)26(47)40-14-6-13(37)22(51-27-12(36)3-2-11(48-27)8-39-5-1-4-33)24(18(14)42)53-29-21(45)23(16(9-41)50-29)52-28-17(38)20(44)19(43)15(7-34)49-28/h2,12-25,27-29,39,41-46H,1,3-10,33-38H2,(H,40,47)/t12-,13+,14-,15+,16-,17-,18+,19-,20-,21-,22-,23-,24-,25?,27-,28-,29+/m1/s1. The Morgan fingerprint density at radius 1 is 0.906 bits per heavy atom. The van der Waals surface area contributed by atoms with E-state index in [0.29, 0.717) is 31.8 Å². The van der Waals surface area contributed by atoms with Crippen LogP contribution in [0.25, 0.3) is 0 Å². The third kappa shape index (κ3) is 10.3. The quantitative estimate of drug-likeness (QED) is 0.0610. The number of hydrogen-bond acceptors (Lipinski definition) is 20. The Kier molecular flexibility index (Phi) is 16.0. The number of nitrogens with two attached hydrogens (primary N) is 6. The van der Waals surface area contributed by atoms with Crippen LogP contribution in [0.4, 0.5) is 8.78 Å². The number of rotatable bonds is 17. The largest absolute Gasteiger partial charge is 0.467 e. The van der Waals surface area contributed by atoms with Gasteiger partial charge in [-0.1, -0.05) is 0 Å². The van der Waals surface area contributed by atoms with Gasteiger partial charge in [-0.15, -0.1) is 0 Å². The van der Waals surface area contributed by atoms with Crippen LogP contribution >= 0.6 is 0 Å². The van der Waals surface area contributed by atoms with E-state index in [9.17, 15) is 44.2 Å². The van der Waals surface area contributed by atoms with Gasteiger partial charge in [-0.2, -0.15) is 0 Å². The minimum Gasteiger partial charge on any atom is -0.467 e. The molecule has 4 aliphatic rings. The van der Waals surface area contributed by atoms with Gasteiger partial charge in [-0.05, 0) is 38.4 Å². The molecule has 3 fully saturated rings. The third-order valence-electron chi connectivity index (χ3n) is 9.69. The highest BCUT2D eigenvalue weighted by Gasteiger charge is 2.54. The predicted octanol–water partition coefficient (Wildman–Crippen LogP) is -7.62. The highest BCUT2D eigenvalue weighted by Crippen LogP contribution is 2.34. The Hall–Kier alpha value is -1.85. The normalized spacial score (nSPS) is 41.4. The molecule has 20 N–H and O–H groups in total. The molecule has 17 atom stereocenters. The third-order valence-corrected chi connectivity index (χ3v) is 9.69. The summed E-state index contributed by atoms with van der Waals surface area (Å²) in [6.45, 7) is -0.892. The van der Waals surface area contributed by atoms with Crippen LogP contribution in [0.2, 0.25) is 0 Å². The number of carbonyl (C=O) groups is 1. The fourth-order valence-electron chi connectivity index (χ4n) is 6.49. The first kappa shape index (κ1) is 43.9. The van der Waals surface area contributed by atoms with Crippen molar-refractivity contribution in [2.24, 2.45) is 34.4 Å². The molecule has 1 unspecified atom stereocenters. The molecule has 0 bridgehead atoms. The van der Waals surface area contributed by atoms with Crippen molar-refractivity contribution in [3.8, 4) is 0 Å². The Balaban J connectivity index is 1.55. The van der Waals surface area contributed by atoms with E-state index >= 15 is 0 Å². The Morgan fingerprint density at radius 2 is 1.57 bits per heavy atom. The van der Waals surface area contributed by atoms with E-state index < -0.39 is 129 Å². The molecule has 23 heteroatoms. The second-order valence-electron chi connectivity index (χ2n) is 13.6. The van der Waals surface area contributed by atoms with Crippen molar-refractivity contribution in [2.45, 2.75) is 129 Å². The molecule has 0 radical (unpaired) electrons. The van der Waals surface area contributed by atoms with Crippen LogP contribution in [0.5, 0.6) is 0 Å². The number of halogens is 2. The molecular weight excluding hydrogens is 718 g/mol. The van der Waals surface area contributed by atoms with Crippen LogP contribution in [0.1, 0.15) is 19.3 Å². The van der Waals surface area contributed by atoms with Gasteiger partial charge in [-0.3, -0.25) is 4.79 Å². The first-order valence-electron chi connectivity index (χ1n) is 17.5. The van der Waals surface area contributed by atoms with E-state index in [1.807, 2.05) is 0 Å². The summed E-state index contributed by atoms with van der Waals surface area (Å²) in [5, 5.41) is 69.0. The van der Waals surface area contributed by atoms with Crippen molar-refractivity contribution >= 4 is 5.91 Å². The summed E-state index contributed by atoms with van der Waals surface area (Å²) < 4.78 is 63.6. The highest BCUT2D eigenvalue weighted by molar-refractivity contribution is 5.82. The molecule has 1 aliphatic carbocycles. The lowest BCUT2D eigenvalue weighted by Gasteiger charge is -2.46. The molecular formula is C30H56F2N8O13. The average Bonchev–Trinajstić information content (AvgIpc) is 3.43. The maximum absolute atomic E-state index is 14.1. The summed E-state index contributed by atoms with van der Waals surface area (Å²) in [6.07, 6.45) is -17.9. The van der Waals surface area contributed by atoms with E-state index in [2.05, 4.69) is 10.6 Å². The number of alkyl halides is 2. The van der Waals surface area contributed by atoms with Gasteiger partial charge in [0.15, 0.2) is 18.7 Å². The number of hydrogen-bond donors (Lipinski definition) is 14. The van der Waals surface area contributed by atoms with Crippen LogP contribution in [-0.2, 0) is 33.2 Å². The zero-order valence-electron chi connectivity index (χ0n) is 29.0. The molecule has 3 aliphatic heterocycles. The van der Waals surface area contributed by atoms with E-state index in [4.69, 9.17) is 62.8 Å². The summed E-state index contributed by atoms with van der Waals surface area (Å²) in [6, 6.07) is -4.59. The average molecular weight is 775 g/mol. The molecule has 0 aromatic carbocycles. The van der Waals surface area contributed by atoms with Crippen LogP contribution in [-0.4, -0.2) is 186 Å². The topological polar surface area (TPSA) is 374 Å². The van der Waals surface area contributed by atoms with Crippen LogP contribution in [0.15, 0.2) is 11.8 Å². The zero-order valence-corrected chi connectivity index (χ0v) is 29.0. The predicted molar refractivity (Wildman–Crippen MR) is 177 cm³/mol. The van der Waals surface area contributed by atoms with Gasteiger partial charge < -0.3 is 104 Å². The molecule has 1 amide bonds. The fraction of sp³-hybridized carbons (Fsp3) is 0.900. The maximum atomic E-state index is 14.1. The molecule has 0 spiro atoms. The molecule has 0 aromatic rings. The second-order valence-corrected chi connectivity index (χ2v) is 13.6. The number of amides is 1. The lowest BCUT2D eigenvalue weighted by molar-refractivity contribution is -0.282. The van der Waals surface area contributed by atoms with Gasteiger partial charge in [0.05, 0.1) is 37.8 Å². The van der Waals surface area contributed by atoms with Crippen molar-refractivity contribution in [3.63, 3.8) is 0 Å². The lowest BCUT2D eigenvalue weighted by Crippen LogP contribution is -2.67. The highest BCUT2D eigenvalue weighted by atomic mass is 19.3. The number of carbonyl (C=O) groups excluding carboxylic acids is 1. The number of nitrogens with one attached hydrogen (secondary N) is 2. The van der Waals surface area contributed by atoms with Crippen molar-refractivity contribution in [1.82, 2.24) is 10.6 Å². The van der Waals surface area contributed by atoms with Gasteiger partial charge in [-0.25, -0.2) is 8.78 Å². The first-order chi connectivity index (χ1) is 25.1. The molecule has 308 valence electrons. The van der Waals surface area contributed by atoms with Crippen LogP contribution in [0, 0.1) is 0 Å². The van der Waals surface area contributed by atoms with E-state index in [-0.39, 0.29) is 13.0 Å². The summed E-state index contributed by atoms with van der Waals surface area (Å²) in [4.78, 5) is 12.7. The van der Waals surface area contributed by atoms with Crippen molar-refractivity contribution in [2.75, 3.05) is 39.3 Å². The Labute approximate surface area is 304 Å².